The van der Waals surface area contributed by atoms with Crippen molar-refractivity contribution in [2.45, 2.75) is 20.4 Å². The lowest BCUT2D eigenvalue weighted by Gasteiger charge is -2.19. The van der Waals surface area contributed by atoms with Crippen molar-refractivity contribution in [2.75, 3.05) is 23.3 Å². The maximum absolute atomic E-state index is 6.15. The second-order valence-corrected chi connectivity index (χ2v) is 5.51. The van der Waals surface area contributed by atoms with Crippen LogP contribution in [0.4, 0.5) is 11.5 Å². The van der Waals surface area contributed by atoms with Crippen molar-refractivity contribution in [3.05, 3.63) is 52.1 Å². The Labute approximate surface area is 135 Å². The largest absolute Gasteiger partial charge is 0.380 e. The molecule has 1 N–H and O–H groups in total. The van der Waals surface area contributed by atoms with E-state index >= 15 is 0 Å². The summed E-state index contributed by atoms with van der Waals surface area (Å²) in [6, 6.07) is 9.58. The first kappa shape index (κ1) is 15.9. The first-order valence-electron chi connectivity index (χ1n) is 7.02. The number of aromatic nitrogens is 1. The molecule has 0 atom stereocenters. The molecule has 1 aromatic carbocycles. The van der Waals surface area contributed by atoms with Crippen LogP contribution in [0.15, 0.2) is 36.5 Å². The van der Waals surface area contributed by atoms with Gasteiger partial charge in [0, 0.05) is 29.7 Å². The van der Waals surface area contributed by atoms with E-state index in [4.69, 9.17) is 23.2 Å². The van der Waals surface area contributed by atoms with Gasteiger partial charge in [-0.2, -0.15) is 0 Å². The van der Waals surface area contributed by atoms with Gasteiger partial charge in [-0.25, -0.2) is 4.98 Å². The van der Waals surface area contributed by atoms with Crippen LogP contribution in [-0.4, -0.2) is 18.1 Å². The molecule has 112 valence electrons. The molecule has 21 heavy (non-hydrogen) atoms. The van der Waals surface area contributed by atoms with Crippen molar-refractivity contribution in [3.63, 3.8) is 0 Å². The standard InChI is InChI=1S/C16H19Cl2N3/c1-3-21(4-2)16-8-7-14(11-20-16)19-10-12-5-6-13(17)9-15(12)18/h5-9,11,19H,3-4,10H2,1-2H3. The number of hydrogen-bond acceptors (Lipinski definition) is 3. The summed E-state index contributed by atoms with van der Waals surface area (Å²) in [6.07, 6.45) is 1.84. The number of nitrogens with one attached hydrogen (secondary N) is 1. The summed E-state index contributed by atoms with van der Waals surface area (Å²) in [4.78, 5) is 6.69. The van der Waals surface area contributed by atoms with Gasteiger partial charge in [-0.3, -0.25) is 0 Å². The highest BCUT2D eigenvalue weighted by Gasteiger charge is 2.04. The van der Waals surface area contributed by atoms with Gasteiger partial charge in [-0.05, 0) is 43.7 Å². The lowest BCUT2D eigenvalue weighted by molar-refractivity contribution is 0.846. The Bertz CT molecular complexity index is 581. The van der Waals surface area contributed by atoms with Crippen LogP contribution < -0.4 is 10.2 Å². The zero-order valence-electron chi connectivity index (χ0n) is 12.2. The van der Waals surface area contributed by atoms with Gasteiger partial charge in [0.05, 0.1) is 11.9 Å². The third-order valence-corrected chi connectivity index (χ3v) is 3.92. The summed E-state index contributed by atoms with van der Waals surface area (Å²) in [5.41, 5.74) is 1.98. The Morgan fingerprint density at radius 1 is 1.10 bits per heavy atom. The molecule has 5 heteroatoms. The predicted molar refractivity (Wildman–Crippen MR) is 91.6 cm³/mol. The van der Waals surface area contributed by atoms with Crippen LogP contribution in [0.25, 0.3) is 0 Å². The molecule has 3 nitrogen and oxygen atoms in total. The van der Waals surface area contributed by atoms with Crippen molar-refractivity contribution in [3.8, 4) is 0 Å². The lowest BCUT2D eigenvalue weighted by atomic mass is 10.2. The maximum atomic E-state index is 6.15. The van der Waals surface area contributed by atoms with E-state index in [1.807, 2.05) is 30.5 Å². The molecule has 0 saturated carbocycles. The highest BCUT2D eigenvalue weighted by atomic mass is 35.5. The normalized spacial score (nSPS) is 10.5. The molecule has 0 fully saturated rings. The Balaban J connectivity index is 2.00. The number of rotatable bonds is 6. The van der Waals surface area contributed by atoms with Gasteiger partial charge in [-0.1, -0.05) is 29.3 Å². The molecule has 0 aliphatic heterocycles. The molecule has 0 amide bonds. The summed E-state index contributed by atoms with van der Waals surface area (Å²) < 4.78 is 0. The molecule has 0 aliphatic rings. The molecular formula is C16H19Cl2N3. The van der Waals surface area contributed by atoms with Gasteiger partial charge >= 0.3 is 0 Å². The third-order valence-electron chi connectivity index (χ3n) is 3.33. The Hall–Kier alpha value is -1.45. The first-order valence-corrected chi connectivity index (χ1v) is 7.78. The molecule has 0 saturated heterocycles. The minimum absolute atomic E-state index is 0.641. The SMILES string of the molecule is CCN(CC)c1ccc(NCc2ccc(Cl)cc2Cl)cn1. The van der Waals surface area contributed by atoms with Gasteiger partial charge in [0.15, 0.2) is 0 Å². The predicted octanol–water partition coefficient (Wildman–Crippen LogP) is 4.85. The number of benzene rings is 1. The number of anilines is 2. The van der Waals surface area contributed by atoms with Gasteiger partial charge in [0.25, 0.3) is 0 Å². The summed E-state index contributed by atoms with van der Waals surface area (Å²) in [6.45, 7) is 6.80. The smallest absolute Gasteiger partial charge is 0.128 e. The average molecular weight is 324 g/mol. The van der Waals surface area contributed by atoms with Crippen LogP contribution in [0.5, 0.6) is 0 Å². The van der Waals surface area contributed by atoms with E-state index in [0.717, 1.165) is 30.2 Å². The zero-order chi connectivity index (χ0) is 15.2. The van der Waals surface area contributed by atoms with E-state index < -0.39 is 0 Å². The third kappa shape index (κ3) is 4.26. The minimum atomic E-state index is 0.641. The number of hydrogen-bond donors (Lipinski definition) is 1. The number of halogens is 2. The second kappa shape index (κ2) is 7.53. The van der Waals surface area contributed by atoms with Gasteiger partial charge in [0.2, 0.25) is 0 Å². The number of pyridine rings is 1. The van der Waals surface area contributed by atoms with Crippen LogP contribution in [0.1, 0.15) is 19.4 Å². The highest BCUT2D eigenvalue weighted by Crippen LogP contribution is 2.22. The zero-order valence-corrected chi connectivity index (χ0v) is 13.7. The maximum Gasteiger partial charge on any atom is 0.128 e. The molecule has 0 unspecified atom stereocenters. The van der Waals surface area contributed by atoms with Crippen LogP contribution >= 0.6 is 23.2 Å². The van der Waals surface area contributed by atoms with Gasteiger partial charge in [-0.15, -0.1) is 0 Å². The molecule has 0 radical (unpaired) electrons. The van der Waals surface area contributed by atoms with E-state index in [1.54, 1.807) is 6.07 Å². The minimum Gasteiger partial charge on any atom is -0.380 e. The Kier molecular flexibility index (Phi) is 5.71. The molecule has 0 aliphatic carbocycles. The van der Waals surface area contributed by atoms with E-state index in [1.165, 1.54) is 0 Å². The van der Waals surface area contributed by atoms with Crippen molar-refractivity contribution in [2.24, 2.45) is 0 Å². The van der Waals surface area contributed by atoms with E-state index in [-0.39, 0.29) is 0 Å². The van der Waals surface area contributed by atoms with Crippen LogP contribution in [0.2, 0.25) is 10.0 Å². The van der Waals surface area contributed by atoms with E-state index in [2.05, 4.69) is 29.0 Å². The molecular weight excluding hydrogens is 305 g/mol. The van der Waals surface area contributed by atoms with E-state index in [9.17, 15) is 0 Å². The summed E-state index contributed by atoms with van der Waals surface area (Å²) in [5.74, 6) is 0.995. The summed E-state index contributed by atoms with van der Waals surface area (Å²) >= 11 is 12.0. The summed E-state index contributed by atoms with van der Waals surface area (Å²) in [5, 5.41) is 4.63. The van der Waals surface area contributed by atoms with Crippen molar-refractivity contribution < 1.29 is 0 Å². The second-order valence-electron chi connectivity index (χ2n) is 4.67. The Morgan fingerprint density at radius 2 is 1.86 bits per heavy atom. The van der Waals surface area contributed by atoms with Crippen LogP contribution in [-0.2, 0) is 6.54 Å². The molecule has 0 spiro atoms. The monoisotopic (exact) mass is 323 g/mol. The van der Waals surface area contributed by atoms with Crippen molar-refractivity contribution >= 4 is 34.7 Å². The molecule has 1 heterocycles. The average Bonchev–Trinajstić information content (AvgIpc) is 2.49. The molecule has 2 aromatic rings. The van der Waals surface area contributed by atoms with Crippen LogP contribution in [0, 0.1) is 0 Å². The van der Waals surface area contributed by atoms with Gasteiger partial charge < -0.3 is 10.2 Å². The molecule has 0 bridgehead atoms. The molecule has 2 rings (SSSR count). The van der Waals surface area contributed by atoms with E-state index in [0.29, 0.717) is 16.6 Å². The first-order chi connectivity index (χ1) is 10.1. The number of nitrogens with zero attached hydrogens (tertiary/aromatic N) is 2. The van der Waals surface area contributed by atoms with Crippen molar-refractivity contribution in [1.29, 1.82) is 0 Å². The highest BCUT2D eigenvalue weighted by molar-refractivity contribution is 6.35. The van der Waals surface area contributed by atoms with Crippen LogP contribution in [0.3, 0.4) is 0 Å². The topological polar surface area (TPSA) is 28.2 Å². The molecule has 1 aromatic heterocycles. The Morgan fingerprint density at radius 3 is 2.43 bits per heavy atom. The fourth-order valence-corrected chi connectivity index (χ4v) is 2.56. The fraction of sp³-hybridized carbons (Fsp3) is 0.312. The quantitative estimate of drug-likeness (QED) is 0.823. The summed E-state index contributed by atoms with van der Waals surface area (Å²) in [7, 11) is 0. The van der Waals surface area contributed by atoms with Gasteiger partial charge in [0.1, 0.15) is 5.82 Å². The van der Waals surface area contributed by atoms with Crippen molar-refractivity contribution in [1.82, 2.24) is 4.98 Å². The fourth-order valence-electron chi connectivity index (χ4n) is 2.09. The lowest BCUT2D eigenvalue weighted by Crippen LogP contribution is -2.22.